The molecule has 0 radical (unpaired) electrons. The van der Waals surface area contributed by atoms with Gasteiger partial charge >= 0.3 is 0 Å². The summed E-state index contributed by atoms with van der Waals surface area (Å²) in [5.41, 5.74) is 0.993. The van der Waals surface area contributed by atoms with Gasteiger partial charge in [0.1, 0.15) is 5.83 Å². The van der Waals surface area contributed by atoms with Crippen molar-refractivity contribution in [3.8, 4) is 0 Å². The van der Waals surface area contributed by atoms with Crippen LogP contribution in [0.3, 0.4) is 0 Å². The van der Waals surface area contributed by atoms with Crippen LogP contribution >= 0.6 is 15.9 Å². The molecule has 0 saturated heterocycles. The average molecular weight is 219 g/mol. The molecule has 0 amide bonds. The van der Waals surface area contributed by atoms with Gasteiger partial charge in [0, 0.05) is 5.33 Å². The fourth-order valence-corrected chi connectivity index (χ4v) is 1.49. The lowest BCUT2D eigenvalue weighted by Gasteiger charge is -2.09. The predicted octanol–water partition coefficient (Wildman–Crippen LogP) is 3.74. The molecule has 0 atom stereocenters. The van der Waals surface area contributed by atoms with E-state index in [1.165, 1.54) is 0 Å². The van der Waals surface area contributed by atoms with Crippen LogP contribution in [0.1, 0.15) is 25.7 Å². The van der Waals surface area contributed by atoms with Crippen LogP contribution in [-0.4, -0.2) is 5.33 Å². The quantitative estimate of drug-likeness (QED) is 0.634. The Labute approximate surface area is 75.3 Å². The first-order valence-corrected chi connectivity index (χ1v) is 5.07. The van der Waals surface area contributed by atoms with Crippen molar-refractivity contribution in [2.24, 2.45) is 0 Å². The minimum Gasteiger partial charge on any atom is -0.207 e. The van der Waals surface area contributed by atoms with E-state index in [2.05, 4.69) is 15.9 Å². The third-order valence-corrected chi connectivity index (χ3v) is 2.39. The zero-order valence-electron chi connectivity index (χ0n) is 6.45. The molecule has 11 heavy (non-hydrogen) atoms. The number of hydrogen-bond acceptors (Lipinski definition) is 0. The molecule has 1 aliphatic rings. The molecule has 1 rings (SSSR count). The lowest BCUT2D eigenvalue weighted by atomic mass is 10.0. The van der Waals surface area contributed by atoms with E-state index in [9.17, 15) is 4.39 Å². The lowest BCUT2D eigenvalue weighted by Crippen LogP contribution is -1.92. The van der Waals surface area contributed by atoms with E-state index in [1.54, 1.807) is 6.08 Å². The summed E-state index contributed by atoms with van der Waals surface area (Å²) in [6, 6.07) is 0. The fourth-order valence-electron chi connectivity index (χ4n) is 1.21. The third-order valence-electron chi connectivity index (χ3n) is 1.83. The van der Waals surface area contributed by atoms with Crippen molar-refractivity contribution in [1.82, 2.24) is 0 Å². The molecule has 0 unspecified atom stereocenters. The molecule has 0 heterocycles. The van der Waals surface area contributed by atoms with Crippen LogP contribution in [-0.2, 0) is 0 Å². The molecule has 0 aromatic heterocycles. The lowest BCUT2D eigenvalue weighted by molar-refractivity contribution is 0.620. The second kappa shape index (κ2) is 4.70. The second-order valence-electron chi connectivity index (χ2n) is 2.69. The van der Waals surface area contributed by atoms with Gasteiger partial charge in [-0.05, 0) is 37.3 Å². The van der Waals surface area contributed by atoms with E-state index in [0.29, 0.717) is 0 Å². The SMILES string of the molecule is FC1=C(CCCBr)CCC=C1. The molecule has 1 aliphatic carbocycles. The van der Waals surface area contributed by atoms with Crippen LogP contribution in [0, 0.1) is 0 Å². The third kappa shape index (κ3) is 2.78. The van der Waals surface area contributed by atoms with Crippen molar-refractivity contribution >= 4 is 15.9 Å². The highest BCUT2D eigenvalue weighted by Gasteiger charge is 2.06. The van der Waals surface area contributed by atoms with E-state index in [-0.39, 0.29) is 5.83 Å². The number of halogens is 2. The van der Waals surface area contributed by atoms with Crippen LogP contribution < -0.4 is 0 Å². The van der Waals surface area contributed by atoms with Gasteiger partial charge in [-0.25, -0.2) is 4.39 Å². The summed E-state index contributed by atoms with van der Waals surface area (Å²) in [4.78, 5) is 0. The molecule has 0 aromatic carbocycles. The van der Waals surface area contributed by atoms with Gasteiger partial charge in [-0.2, -0.15) is 0 Å². The van der Waals surface area contributed by atoms with E-state index in [1.807, 2.05) is 6.08 Å². The molecule has 0 aromatic rings. The molecule has 0 spiro atoms. The van der Waals surface area contributed by atoms with Crippen molar-refractivity contribution in [3.05, 3.63) is 23.6 Å². The van der Waals surface area contributed by atoms with Crippen LogP contribution in [0.5, 0.6) is 0 Å². The summed E-state index contributed by atoms with van der Waals surface area (Å²) in [7, 11) is 0. The summed E-state index contributed by atoms with van der Waals surface area (Å²) >= 11 is 3.33. The maximum atomic E-state index is 12.9. The molecule has 2 heteroatoms. The van der Waals surface area contributed by atoms with Crippen molar-refractivity contribution in [2.75, 3.05) is 5.33 Å². The van der Waals surface area contributed by atoms with E-state index < -0.39 is 0 Å². The molecule has 0 aliphatic heterocycles. The van der Waals surface area contributed by atoms with Gasteiger partial charge in [-0.3, -0.25) is 0 Å². The van der Waals surface area contributed by atoms with Crippen LogP contribution in [0.2, 0.25) is 0 Å². The van der Waals surface area contributed by atoms with Gasteiger partial charge in [0.05, 0.1) is 0 Å². The molecule has 62 valence electrons. The van der Waals surface area contributed by atoms with Gasteiger partial charge in [0.15, 0.2) is 0 Å². The number of hydrogen-bond donors (Lipinski definition) is 0. The first-order chi connectivity index (χ1) is 5.34. The van der Waals surface area contributed by atoms with Gasteiger partial charge in [0.25, 0.3) is 0 Å². The Kier molecular flexibility index (Phi) is 3.84. The summed E-state index contributed by atoms with van der Waals surface area (Å²) in [5.74, 6) is -0.00259. The van der Waals surface area contributed by atoms with E-state index in [4.69, 9.17) is 0 Å². The molecular formula is C9H12BrF. The normalized spacial score (nSPS) is 17.6. The summed E-state index contributed by atoms with van der Waals surface area (Å²) in [5, 5.41) is 0.966. The number of alkyl halides is 1. The zero-order chi connectivity index (χ0) is 8.10. The Morgan fingerprint density at radius 2 is 2.36 bits per heavy atom. The first-order valence-electron chi connectivity index (χ1n) is 3.94. The predicted molar refractivity (Wildman–Crippen MR) is 49.5 cm³/mol. The van der Waals surface area contributed by atoms with Crippen LogP contribution in [0.25, 0.3) is 0 Å². The Balaban J connectivity index is 2.46. The van der Waals surface area contributed by atoms with Gasteiger partial charge < -0.3 is 0 Å². The monoisotopic (exact) mass is 218 g/mol. The van der Waals surface area contributed by atoms with Crippen molar-refractivity contribution in [1.29, 1.82) is 0 Å². The maximum Gasteiger partial charge on any atom is 0.122 e. The zero-order valence-corrected chi connectivity index (χ0v) is 8.03. The van der Waals surface area contributed by atoms with Crippen LogP contribution in [0.15, 0.2) is 23.6 Å². The first kappa shape index (κ1) is 8.98. The fraction of sp³-hybridized carbons (Fsp3) is 0.556. The summed E-state index contributed by atoms with van der Waals surface area (Å²) < 4.78 is 12.9. The summed E-state index contributed by atoms with van der Waals surface area (Å²) in [6.45, 7) is 0. The smallest absolute Gasteiger partial charge is 0.122 e. The van der Waals surface area contributed by atoms with Crippen LogP contribution in [0.4, 0.5) is 4.39 Å². The Morgan fingerprint density at radius 3 is 3.00 bits per heavy atom. The van der Waals surface area contributed by atoms with Gasteiger partial charge in [-0.15, -0.1) is 0 Å². The minimum atomic E-state index is -0.00259. The molecule has 0 saturated carbocycles. The second-order valence-corrected chi connectivity index (χ2v) is 3.48. The largest absolute Gasteiger partial charge is 0.207 e. The molecule has 0 bridgehead atoms. The van der Waals surface area contributed by atoms with Gasteiger partial charge in [-0.1, -0.05) is 22.0 Å². The molecule has 0 N–H and O–H groups in total. The molecule has 0 fully saturated rings. The highest BCUT2D eigenvalue weighted by atomic mass is 79.9. The Morgan fingerprint density at radius 1 is 1.55 bits per heavy atom. The Bertz CT molecular complexity index is 182. The highest BCUT2D eigenvalue weighted by molar-refractivity contribution is 9.09. The molecule has 0 nitrogen and oxygen atoms in total. The standard InChI is InChI=1S/C9H12BrF/c10-7-3-5-8-4-1-2-6-9(8)11/h2,6H,1,3-5,7H2. The Hall–Kier alpha value is -0.110. The maximum absolute atomic E-state index is 12.9. The number of allylic oxidation sites excluding steroid dienone is 4. The van der Waals surface area contributed by atoms with Crippen molar-refractivity contribution < 1.29 is 4.39 Å². The topological polar surface area (TPSA) is 0 Å². The van der Waals surface area contributed by atoms with Gasteiger partial charge in [0.2, 0.25) is 0 Å². The average Bonchev–Trinajstić information content (AvgIpc) is 2.03. The molecular weight excluding hydrogens is 207 g/mol. The summed E-state index contributed by atoms with van der Waals surface area (Å²) in [6.07, 6.45) is 7.35. The van der Waals surface area contributed by atoms with E-state index in [0.717, 1.165) is 36.6 Å². The number of rotatable bonds is 3. The van der Waals surface area contributed by atoms with E-state index >= 15 is 0 Å². The minimum absolute atomic E-state index is 0.00259. The van der Waals surface area contributed by atoms with Crippen molar-refractivity contribution in [2.45, 2.75) is 25.7 Å². The highest BCUT2D eigenvalue weighted by Crippen LogP contribution is 2.23. The van der Waals surface area contributed by atoms with Crippen molar-refractivity contribution in [3.63, 3.8) is 0 Å².